The van der Waals surface area contributed by atoms with Crippen LogP contribution in [0.4, 0.5) is 0 Å². The standard InChI is InChI=1S/C13H20N2O/c1-16-13-6-2-4-11(8-13)9-15-7-3-5-12(14)10-15/h2,4,6,8,12H,3,5,7,9-10,14H2,1H3. The fraction of sp³-hybridized carbons (Fsp3) is 0.538. The van der Waals surface area contributed by atoms with Gasteiger partial charge in [-0.25, -0.2) is 0 Å². The van der Waals surface area contributed by atoms with Crippen molar-refractivity contribution in [1.82, 2.24) is 4.90 Å². The van der Waals surface area contributed by atoms with Crippen LogP contribution >= 0.6 is 0 Å². The molecule has 3 nitrogen and oxygen atoms in total. The molecule has 0 radical (unpaired) electrons. The lowest BCUT2D eigenvalue weighted by Gasteiger charge is -2.30. The number of rotatable bonds is 3. The van der Waals surface area contributed by atoms with Crippen LogP contribution in [0.3, 0.4) is 0 Å². The fourth-order valence-corrected chi connectivity index (χ4v) is 2.26. The van der Waals surface area contributed by atoms with Gasteiger partial charge < -0.3 is 10.5 Å². The maximum Gasteiger partial charge on any atom is 0.119 e. The van der Waals surface area contributed by atoms with Gasteiger partial charge >= 0.3 is 0 Å². The lowest BCUT2D eigenvalue weighted by Crippen LogP contribution is -2.42. The molecule has 0 bridgehead atoms. The first-order chi connectivity index (χ1) is 7.78. The van der Waals surface area contributed by atoms with Crippen molar-refractivity contribution >= 4 is 0 Å². The SMILES string of the molecule is COc1cccc(CN2CCCC(N)C2)c1. The summed E-state index contributed by atoms with van der Waals surface area (Å²) >= 11 is 0. The van der Waals surface area contributed by atoms with Gasteiger partial charge in [0.2, 0.25) is 0 Å². The molecule has 1 fully saturated rings. The molecular formula is C13H20N2O. The molecule has 1 aliphatic rings. The molecule has 1 aromatic carbocycles. The molecule has 1 heterocycles. The summed E-state index contributed by atoms with van der Waals surface area (Å²) in [6, 6.07) is 8.60. The van der Waals surface area contributed by atoms with Gasteiger partial charge in [0.1, 0.15) is 5.75 Å². The van der Waals surface area contributed by atoms with Crippen LogP contribution in [0.5, 0.6) is 5.75 Å². The summed E-state index contributed by atoms with van der Waals surface area (Å²) in [5.41, 5.74) is 7.27. The molecule has 88 valence electrons. The Morgan fingerprint density at radius 3 is 3.12 bits per heavy atom. The van der Waals surface area contributed by atoms with E-state index >= 15 is 0 Å². The molecule has 1 aromatic rings. The van der Waals surface area contributed by atoms with Gasteiger partial charge in [-0.2, -0.15) is 0 Å². The van der Waals surface area contributed by atoms with Crippen molar-refractivity contribution in [3.63, 3.8) is 0 Å². The van der Waals surface area contributed by atoms with E-state index in [0.29, 0.717) is 6.04 Å². The minimum Gasteiger partial charge on any atom is -0.497 e. The zero-order valence-electron chi connectivity index (χ0n) is 9.86. The number of hydrogen-bond donors (Lipinski definition) is 1. The van der Waals surface area contributed by atoms with E-state index < -0.39 is 0 Å². The molecule has 0 aromatic heterocycles. The number of hydrogen-bond acceptors (Lipinski definition) is 3. The molecule has 0 spiro atoms. The summed E-state index contributed by atoms with van der Waals surface area (Å²) < 4.78 is 5.22. The minimum absolute atomic E-state index is 0.347. The van der Waals surface area contributed by atoms with E-state index in [1.165, 1.54) is 12.0 Å². The van der Waals surface area contributed by atoms with E-state index in [9.17, 15) is 0 Å². The summed E-state index contributed by atoms with van der Waals surface area (Å²) in [7, 11) is 1.70. The van der Waals surface area contributed by atoms with Crippen molar-refractivity contribution in [3.8, 4) is 5.75 Å². The lowest BCUT2D eigenvalue weighted by atomic mass is 10.1. The molecule has 1 unspecified atom stereocenters. The third kappa shape index (κ3) is 2.97. The second-order valence-corrected chi connectivity index (χ2v) is 4.49. The van der Waals surface area contributed by atoms with Crippen LogP contribution in [-0.4, -0.2) is 31.1 Å². The van der Waals surface area contributed by atoms with Crippen molar-refractivity contribution in [2.24, 2.45) is 5.73 Å². The van der Waals surface area contributed by atoms with Crippen molar-refractivity contribution in [2.75, 3.05) is 20.2 Å². The van der Waals surface area contributed by atoms with Crippen LogP contribution in [0.25, 0.3) is 0 Å². The molecule has 1 atom stereocenters. The first-order valence-corrected chi connectivity index (χ1v) is 5.89. The third-order valence-corrected chi connectivity index (χ3v) is 3.08. The molecule has 2 rings (SSSR count). The summed E-state index contributed by atoms with van der Waals surface area (Å²) in [6.07, 6.45) is 2.37. The molecular weight excluding hydrogens is 200 g/mol. The summed E-state index contributed by atoms with van der Waals surface area (Å²) in [5, 5.41) is 0. The number of nitrogens with two attached hydrogens (primary N) is 1. The van der Waals surface area contributed by atoms with Gasteiger partial charge in [0.15, 0.2) is 0 Å². The molecule has 0 aliphatic carbocycles. The Morgan fingerprint density at radius 1 is 1.50 bits per heavy atom. The van der Waals surface area contributed by atoms with Gasteiger partial charge in [0, 0.05) is 19.1 Å². The second kappa shape index (κ2) is 5.32. The Bertz CT molecular complexity index is 340. The highest BCUT2D eigenvalue weighted by Gasteiger charge is 2.16. The minimum atomic E-state index is 0.347. The molecule has 0 saturated carbocycles. The Labute approximate surface area is 97.2 Å². The van der Waals surface area contributed by atoms with Crippen LogP contribution in [-0.2, 0) is 6.54 Å². The summed E-state index contributed by atoms with van der Waals surface area (Å²) in [6.45, 7) is 3.15. The Morgan fingerprint density at radius 2 is 2.38 bits per heavy atom. The van der Waals surface area contributed by atoms with Crippen LogP contribution < -0.4 is 10.5 Å². The van der Waals surface area contributed by atoms with E-state index in [1.807, 2.05) is 12.1 Å². The Kier molecular flexibility index (Phi) is 3.80. The number of ether oxygens (including phenoxy) is 1. The fourth-order valence-electron chi connectivity index (χ4n) is 2.26. The highest BCUT2D eigenvalue weighted by atomic mass is 16.5. The number of likely N-dealkylation sites (tertiary alicyclic amines) is 1. The number of benzene rings is 1. The first-order valence-electron chi connectivity index (χ1n) is 5.89. The topological polar surface area (TPSA) is 38.5 Å². The van der Waals surface area contributed by atoms with Gasteiger partial charge in [-0.3, -0.25) is 4.90 Å². The normalized spacial score (nSPS) is 22.0. The van der Waals surface area contributed by atoms with Crippen LogP contribution in [0.15, 0.2) is 24.3 Å². The van der Waals surface area contributed by atoms with E-state index in [1.54, 1.807) is 7.11 Å². The van der Waals surface area contributed by atoms with E-state index in [0.717, 1.165) is 31.8 Å². The van der Waals surface area contributed by atoms with E-state index in [4.69, 9.17) is 10.5 Å². The van der Waals surface area contributed by atoms with Gasteiger partial charge in [-0.15, -0.1) is 0 Å². The lowest BCUT2D eigenvalue weighted by molar-refractivity contribution is 0.201. The van der Waals surface area contributed by atoms with Crippen LogP contribution in [0.2, 0.25) is 0 Å². The Hall–Kier alpha value is -1.06. The van der Waals surface area contributed by atoms with Crippen molar-refractivity contribution in [3.05, 3.63) is 29.8 Å². The van der Waals surface area contributed by atoms with Gasteiger partial charge in [-0.05, 0) is 37.1 Å². The van der Waals surface area contributed by atoms with Gasteiger partial charge in [-0.1, -0.05) is 12.1 Å². The Balaban J connectivity index is 1.97. The quantitative estimate of drug-likeness (QED) is 0.841. The maximum absolute atomic E-state index is 5.97. The predicted molar refractivity (Wildman–Crippen MR) is 65.5 cm³/mol. The smallest absolute Gasteiger partial charge is 0.119 e. The van der Waals surface area contributed by atoms with Crippen LogP contribution in [0.1, 0.15) is 18.4 Å². The number of methoxy groups -OCH3 is 1. The summed E-state index contributed by atoms with van der Waals surface area (Å²) in [4.78, 5) is 2.42. The molecule has 1 aliphatic heterocycles. The van der Waals surface area contributed by atoms with Crippen molar-refractivity contribution in [1.29, 1.82) is 0 Å². The van der Waals surface area contributed by atoms with Crippen molar-refractivity contribution < 1.29 is 4.74 Å². The maximum atomic E-state index is 5.97. The average Bonchev–Trinajstić information content (AvgIpc) is 2.29. The first kappa shape index (κ1) is 11.4. The summed E-state index contributed by atoms with van der Waals surface area (Å²) in [5.74, 6) is 0.929. The highest BCUT2D eigenvalue weighted by molar-refractivity contribution is 5.28. The number of nitrogens with zero attached hydrogens (tertiary/aromatic N) is 1. The zero-order valence-corrected chi connectivity index (χ0v) is 9.86. The molecule has 3 heteroatoms. The van der Waals surface area contributed by atoms with Crippen LogP contribution in [0, 0.1) is 0 Å². The monoisotopic (exact) mass is 220 g/mol. The molecule has 2 N–H and O–H groups in total. The highest BCUT2D eigenvalue weighted by Crippen LogP contribution is 2.16. The second-order valence-electron chi connectivity index (χ2n) is 4.49. The largest absolute Gasteiger partial charge is 0.497 e. The van der Waals surface area contributed by atoms with E-state index in [-0.39, 0.29) is 0 Å². The number of piperidine rings is 1. The predicted octanol–water partition coefficient (Wildman–Crippen LogP) is 1.62. The van der Waals surface area contributed by atoms with Crippen molar-refractivity contribution in [2.45, 2.75) is 25.4 Å². The van der Waals surface area contributed by atoms with Gasteiger partial charge in [0.05, 0.1) is 7.11 Å². The average molecular weight is 220 g/mol. The molecule has 1 saturated heterocycles. The third-order valence-electron chi connectivity index (χ3n) is 3.08. The van der Waals surface area contributed by atoms with E-state index in [2.05, 4.69) is 17.0 Å². The molecule has 0 amide bonds. The zero-order chi connectivity index (χ0) is 11.4. The molecule has 16 heavy (non-hydrogen) atoms. The van der Waals surface area contributed by atoms with Gasteiger partial charge in [0.25, 0.3) is 0 Å².